The number of nitrogens with zero attached hydrogens (tertiary/aromatic N) is 1. The first-order chi connectivity index (χ1) is 12.3. The third-order valence-electron chi connectivity index (χ3n) is 4.31. The van der Waals surface area contributed by atoms with Crippen LogP contribution in [0.3, 0.4) is 0 Å². The van der Waals surface area contributed by atoms with E-state index in [0.717, 1.165) is 22.2 Å². The summed E-state index contributed by atoms with van der Waals surface area (Å²) >= 11 is 0. The molecule has 124 valence electrons. The lowest BCUT2D eigenvalue weighted by molar-refractivity contribution is 0.310. The van der Waals surface area contributed by atoms with Gasteiger partial charge in [0, 0.05) is 17.1 Å². The van der Waals surface area contributed by atoms with Gasteiger partial charge >= 0.3 is 0 Å². The van der Waals surface area contributed by atoms with Crippen molar-refractivity contribution in [3.8, 4) is 5.75 Å². The summed E-state index contributed by atoms with van der Waals surface area (Å²) in [6.45, 7) is 1.02. The molecule has 0 saturated carbocycles. The average Bonchev–Trinajstić information content (AvgIpc) is 3.06. The molecule has 0 fully saturated rings. The summed E-state index contributed by atoms with van der Waals surface area (Å²) in [7, 11) is 0. The molecule has 2 nitrogen and oxygen atoms in total. The van der Waals surface area contributed by atoms with Crippen LogP contribution < -0.4 is 4.74 Å². The maximum Gasteiger partial charge on any atom is 0.129 e. The van der Waals surface area contributed by atoms with Gasteiger partial charge in [0.25, 0.3) is 0 Å². The van der Waals surface area contributed by atoms with Crippen molar-refractivity contribution in [3.05, 3.63) is 102 Å². The van der Waals surface area contributed by atoms with E-state index in [1.165, 1.54) is 6.07 Å². The summed E-state index contributed by atoms with van der Waals surface area (Å²) in [6.07, 6.45) is 1.98. The molecular formula is C22H18FNO. The van der Waals surface area contributed by atoms with E-state index in [1.54, 1.807) is 6.07 Å². The fourth-order valence-corrected chi connectivity index (χ4v) is 3.00. The van der Waals surface area contributed by atoms with Crippen molar-refractivity contribution >= 4 is 10.9 Å². The lowest BCUT2D eigenvalue weighted by atomic mass is 10.2. The van der Waals surface area contributed by atoms with Crippen molar-refractivity contribution < 1.29 is 9.13 Å². The first-order valence-electron chi connectivity index (χ1n) is 8.29. The number of hydrogen-bond donors (Lipinski definition) is 0. The summed E-state index contributed by atoms with van der Waals surface area (Å²) in [5.41, 5.74) is 2.84. The van der Waals surface area contributed by atoms with E-state index in [9.17, 15) is 4.39 Å². The second-order valence-corrected chi connectivity index (χ2v) is 6.00. The Labute approximate surface area is 146 Å². The van der Waals surface area contributed by atoms with Gasteiger partial charge in [-0.1, -0.05) is 54.6 Å². The van der Waals surface area contributed by atoms with Crippen LogP contribution in [-0.2, 0) is 13.2 Å². The highest BCUT2D eigenvalue weighted by Crippen LogP contribution is 2.28. The van der Waals surface area contributed by atoms with E-state index in [1.807, 2.05) is 77.5 Å². The molecule has 25 heavy (non-hydrogen) atoms. The lowest BCUT2D eigenvalue weighted by Crippen LogP contribution is -2.00. The largest absolute Gasteiger partial charge is 0.488 e. The minimum Gasteiger partial charge on any atom is -0.488 e. The van der Waals surface area contributed by atoms with Gasteiger partial charge in [-0.2, -0.15) is 0 Å². The summed E-state index contributed by atoms with van der Waals surface area (Å²) < 4.78 is 22.0. The topological polar surface area (TPSA) is 14.2 Å². The molecule has 0 bridgehead atoms. The van der Waals surface area contributed by atoms with E-state index in [2.05, 4.69) is 0 Å². The fourth-order valence-electron chi connectivity index (χ4n) is 3.00. The molecule has 0 saturated heterocycles. The highest BCUT2D eigenvalue weighted by Gasteiger charge is 2.09. The maximum atomic E-state index is 13.9. The van der Waals surface area contributed by atoms with Gasteiger partial charge < -0.3 is 9.30 Å². The number of fused-ring (bicyclic) bond motifs is 1. The van der Waals surface area contributed by atoms with Crippen LogP contribution in [0.1, 0.15) is 11.1 Å². The third kappa shape index (κ3) is 3.26. The second kappa shape index (κ2) is 6.81. The smallest absolute Gasteiger partial charge is 0.129 e. The number of ether oxygens (including phenoxy) is 1. The maximum absolute atomic E-state index is 13.9. The first-order valence-corrected chi connectivity index (χ1v) is 8.29. The highest BCUT2D eigenvalue weighted by atomic mass is 19.1. The summed E-state index contributed by atoms with van der Waals surface area (Å²) in [5, 5.41) is 1.04. The molecule has 0 aliphatic rings. The molecule has 0 unspecified atom stereocenters. The molecule has 3 heteroatoms. The van der Waals surface area contributed by atoms with Crippen LogP contribution >= 0.6 is 0 Å². The fraction of sp³-hybridized carbons (Fsp3) is 0.0909. The van der Waals surface area contributed by atoms with Gasteiger partial charge in [-0.25, -0.2) is 4.39 Å². The molecule has 0 amide bonds. The van der Waals surface area contributed by atoms with E-state index in [0.29, 0.717) is 18.7 Å². The predicted molar refractivity (Wildman–Crippen MR) is 98.2 cm³/mol. The molecule has 0 spiro atoms. The number of rotatable bonds is 5. The Kier molecular flexibility index (Phi) is 4.21. The molecule has 1 aromatic heterocycles. The monoisotopic (exact) mass is 331 g/mol. The highest BCUT2D eigenvalue weighted by molar-refractivity contribution is 5.86. The Hall–Kier alpha value is -3.07. The van der Waals surface area contributed by atoms with Crippen molar-refractivity contribution in [1.29, 1.82) is 0 Å². The number of aromatic nitrogens is 1. The molecule has 0 radical (unpaired) electrons. The van der Waals surface area contributed by atoms with Crippen molar-refractivity contribution in [1.82, 2.24) is 4.57 Å². The zero-order valence-electron chi connectivity index (χ0n) is 13.7. The zero-order valence-corrected chi connectivity index (χ0v) is 13.7. The van der Waals surface area contributed by atoms with E-state index in [-0.39, 0.29) is 5.82 Å². The summed E-state index contributed by atoms with van der Waals surface area (Å²) in [6, 6.07) is 25.0. The van der Waals surface area contributed by atoms with E-state index >= 15 is 0 Å². The molecule has 1 heterocycles. The van der Waals surface area contributed by atoms with Crippen LogP contribution in [-0.4, -0.2) is 4.57 Å². The lowest BCUT2D eigenvalue weighted by Gasteiger charge is -2.10. The van der Waals surface area contributed by atoms with Gasteiger partial charge in [0.05, 0.1) is 12.1 Å². The minimum absolute atomic E-state index is 0.180. The van der Waals surface area contributed by atoms with Crippen LogP contribution in [0.25, 0.3) is 10.9 Å². The minimum atomic E-state index is -0.180. The second-order valence-electron chi connectivity index (χ2n) is 6.00. The number of hydrogen-bond acceptors (Lipinski definition) is 1. The Bertz CT molecular complexity index is 991. The van der Waals surface area contributed by atoms with Gasteiger partial charge in [-0.3, -0.25) is 0 Å². The van der Waals surface area contributed by atoms with Crippen molar-refractivity contribution in [3.63, 3.8) is 0 Å². The quantitative estimate of drug-likeness (QED) is 0.477. The van der Waals surface area contributed by atoms with E-state index < -0.39 is 0 Å². The Balaban J connectivity index is 1.61. The summed E-state index contributed by atoms with van der Waals surface area (Å²) in [4.78, 5) is 0. The standard InChI is InChI=1S/C22H18FNO/c23-20-10-5-4-9-18(20)15-24-14-13-19-21(24)11-6-12-22(19)25-16-17-7-2-1-3-8-17/h1-14H,15-16H2. The average molecular weight is 331 g/mol. The third-order valence-corrected chi connectivity index (χ3v) is 4.31. The van der Waals surface area contributed by atoms with Crippen LogP contribution in [0.5, 0.6) is 5.75 Å². The van der Waals surface area contributed by atoms with Crippen LogP contribution in [0.2, 0.25) is 0 Å². The Morgan fingerprint density at radius 1 is 0.800 bits per heavy atom. The molecule has 0 N–H and O–H groups in total. The molecular weight excluding hydrogens is 313 g/mol. The van der Waals surface area contributed by atoms with Gasteiger partial charge in [0.1, 0.15) is 18.2 Å². The SMILES string of the molecule is Fc1ccccc1Cn1ccc2c(OCc3ccccc3)cccc21. The Morgan fingerprint density at radius 2 is 1.60 bits per heavy atom. The van der Waals surface area contributed by atoms with Crippen molar-refractivity contribution in [2.24, 2.45) is 0 Å². The van der Waals surface area contributed by atoms with Gasteiger partial charge in [0.15, 0.2) is 0 Å². The number of halogens is 1. The van der Waals surface area contributed by atoms with Gasteiger partial charge in [-0.15, -0.1) is 0 Å². The van der Waals surface area contributed by atoms with Crippen LogP contribution in [0.4, 0.5) is 4.39 Å². The van der Waals surface area contributed by atoms with Crippen molar-refractivity contribution in [2.75, 3.05) is 0 Å². The molecule has 3 aromatic carbocycles. The Morgan fingerprint density at radius 3 is 2.44 bits per heavy atom. The molecule has 0 aliphatic carbocycles. The molecule has 4 aromatic rings. The zero-order chi connectivity index (χ0) is 17.1. The first kappa shape index (κ1) is 15.5. The van der Waals surface area contributed by atoms with Gasteiger partial charge in [0.2, 0.25) is 0 Å². The molecule has 0 aliphatic heterocycles. The predicted octanol–water partition coefficient (Wildman–Crippen LogP) is 5.41. The van der Waals surface area contributed by atoms with E-state index in [4.69, 9.17) is 4.74 Å². The molecule has 0 atom stereocenters. The van der Waals surface area contributed by atoms with Gasteiger partial charge in [-0.05, 0) is 29.8 Å². The number of benzene rings is 3. The summed E-state index contributed by atoms with van der Waals surface area (Å²) in [5.74, 6) is 0.662. The van der Waals surface area contributed by atoms with Crippen molar-refractivity contribution in [2.45, 2.75) is 13.2 Å². The van der Waals surface area contributed by atoms with Crippen LogP contribution in [0.15, 0.2) is 85.1 Å². The van der Waals surface area contributed by atoms with Crippen LogP contribution in [0, 0.1) is 5.82 Å². The molecule has 4 rings (SSSR count). The normalized spacial score (nSPS) is 10.9.